The van der Waals surface area contributed by atoms with E-state index < -0.39 is 0 Å². The number of hydrogen-bond donors (Lipinski definition) is 2. The van der Waals surface area contributed by atoms with E-state index in [1.54, 1.807) is 0 Å². The van der Waals surface area contributed by atoms with Crippen LogP contribution in [0.4, 0.5) is 0 Å². The molecule has 6 nitrogen and oxygen atoms in total. The topological polar surface area (TPSA) is 67.1 Å². The van der Waals surface area contributed by atoms with E-state index in [-0.39, 0.29) is 0 Å². The SMILES string of the molecule is CCC1CCC(NC(=NC)NCc2nnc(C)n2C)CC1. The number of aromatic nitrogens is 3. The van der Waals surface area contributed by atoms with E-state index in [1.807, 2.05) is 25.6 Å². The molecule has 1 fully saturated rings. The summed E-state index contributed by atoms with van der Waals surface area (Å²) in [5.74, 6) is 3.62. The molecule has 0 amide bonds. The lowest BCUT2D eigenvalue weighted by atomic mass is 9.84. The summed E-state index contributed by atoms with van der Waals surface area (Å²) in [6.45, 7) is 4.89. The van der Waals surface area contributed by atoms with Crippen LogP contribution in [0, 0.1) is 12.8 Å². The van der Waals surface area contributed by atoms with Gasteiger partial charge in [-0.15, -0.1) is 10.2 Å². The molecule has 6 heteroatoms. The molecule has 0 aliphatic heterocycles. The number of aliphatic imine (C=N–C) groups is 1. The Hall–Kier alpha value is -1.59. The van der Waals surface area contributed by atoms with Gasteiger partial charge < -0.3 is 15.2 Å². The highest BCUT2D eigenvalue weighted by molar-refractivity contribution is 5.79. The van der Waals surface area contributed by atoms with Gasteiger partial charge in [0.1, 0.15) is 5.82 Å². The van der Waals surface area contributed by atoms with Crippen molar-refractivity contribution in [1.29, 1.82) is 0 Å². The minimum absolute atomic E-state index is 0.542. The predicted molar refractivity (Wildman–Crippen MR) is 85.1 cm³/mol. The number of rotatable bonds is 4. The molecular weight excluding hydrogens is 264 g/mol. The maximum absolute atomic E-state index is 4.31. The lowest BCUT2D eigenvalue weighted by molar-refractivity contribution is 0.304. The van der Waals surface area contributed by atoms with Gasteiger partial charge in [0.05, 0.1) is 6.54 Å². The summed E-state index contributed by atoms with van der Waals surface area (Å²) in [4.78, 5) is 4.31. The molecule has 1 aromatic rings. The zero-order chi connectivity index (χ0) is 15.2. The van der Waals surface area contributed by atoms with E-state index in [0.29, 0.717) is 12.6 Å². The van der Waals surface area contributed by atoms with Gasteiger partial charge in [-0.05, 0) is 38.5 Å². The smallest absolute Gasteiger partial charge is 0.191 e. The Bertz CT molecular complexity index is 471. The second kappa shape index (κ2) is 7.43. The molecule has 1 saturated carbocycles. The van der Waals surface area contributed by atoms with Gasteiger partial charge >= 0.3 is 0 Å². The highest BCUT2D eigenvalue weighted by Crippen LogP contribution is 2.26. The summed E-state index contributed by atoms with van der Waals surface area (Å²) in [5.41, 5.74) is 0. The summed E-state index contributed by atoms with van der Waals surface area (Å²) in [7, 11) is 3.80. The fraction of sp³-hybridized carbons (Fsp3) is 0.800. The van der Waals surface area contributed by atoms with Gasteiger partial charge in [-0.2, -0.15) is 0 Å². The Labute approximate surface area is 127 Å². The first-order valence-corrected chi connectivity index (χ1v) is 7.96. The molecule has 1 aliphatic rings. The fourth-order valence-corrected chi connectivity index (χ4v) is 2.87. The largest absolute Gasteiger partial charge is 0.354 e. The molecule has 0 spiro atoms. The van der Waals surface area contributed by atoms with Crippen molar-refractivity contribution in [3.05, 3.63) is 11.6 Å². The monoisotopic (exact) mass is 292 g/mol. The number of nitrogens with zero attached hydrogens (tertiary/aromatic N) is 4. The van der Waals surface area contributed by atoms with E-state index >= 15 is 0 Å². The molecule has 1 aliphatic carbocycles. The third-order valence-electron chi connectivity index (χ3n) is 4.59. The maximum atomic E-state index is 4.31. The summed E-state index contributed by atoms with van der Waals surface area (Å²) < 4.78 is 1.99. The minimum atomic E-state index is 0.542. The van der Waals surface area contributed by atoms with E-state index in [0.717, 1.165) is 23.5 Å². The highest BCUT2D eigenvalue weighted by atomic mass is 15.3. The van der Waals surface area contributed by atoms with Crippen LogP contribution in [0.5, 0.6) is 0 Å². The second-order valence-corrected chi connectivity index (χ2v) is 5.92. The number of aryl methyl sites for hydroxylation is 1. The van der Waals surface area contributed by atoms with Gasteiger partial charge in [-0.3, -0.25) is 4.99 Å². The summed E-state index contributed by atoms with van der Waals surface area (Å²) >= 11 is 0. The number of guanidine groups is 1. The molecule has 118 valence electrons. The van der Waals surface area contributed by atoms with E-state index in [2.05, 4.69) is 32.7 Å². The molecule has 0 radical (unpaired) electrons. The normalized spacial score (nSPS) is 23.1. The van der Waals surface area contributed by atoms with Gasteiger partial charge in [0.2, 0.25) is 0 Å². The minimum Gasteiger partial charge on any atom is -0.354 e. The Morgan fingerprint density at radius 3 is 2.52 bits per heavy atom. The number of nitrogens with one attached hydrogen (secondary N) is 2. The van der Waals surface area contributed by atoms with Crippen molar-refractivity contribution in [3.8, 4) is 0 Å². The quantitative estimate of drug-likeness (QED) is 0.655. The molecule has 21 heavy (non-hydrogen) atoms. The third-order valence-corrected chi connectivity index (χ3v) is 4.59. The standard InChI is InChI=1S/C15H28N6/c1-5-12-6-8-13(9-7-12)18-15(16-3)17-10-14-20-19-11(2)21(14)4/h12-13H,5-10H2,1-4H3,(H2,16,17,18). The van der Waals surface area contributed by atoms with Gasteiger partial charge in [0.25, 0.3) is 0 Å². The molecule has 0 atom stereocenters. The Morgan fingerprint density at radius 1 is 1.29 bits per heavy atom. The van der Waals surface area contributed by atoms with Crippen molar-refractivity contribution < 1.29 is 0 Å². The van der Waals surface area contributed by atoms with Crippen LogP contribution in [0.15, 0.2) is 4.99 Å². The van der Waals surface area contributed by atoms with Gasteiger partial charge in [-0.1, -0.05) is 13.3 Å². The summed E-state index contributed by atoms with van der Waals surface area (Å²) in [5, 5.41) is 15.1. The van der Waals surface area contributed by atoms with Crippen LogP contribution in [0.25, 0.3) is 0 Å². The van der Waals surface area contributed by atoms with Crippen LogP contribution in [0.3, 0.4) is 0 Å². The van der Waals surface area contributed by atoms with Crippen molar-refractivity contribution in [2.45, 2.75) is 58.5 Å². The summed E-state index contributed by atoms with van der Waals surface area (Å²) in [6, 6.07) is 0.542. The fourth-order valence-electron chi connectivity index (χ4n) is 2.87. The second-order valence-electron chi connectivity index (χ2n) is 5.92. The van der Waals surface area contributed by atoms with Crippen LogP contribution in [-0.4, -0.2) is 33.8 Å². The zero-order valence-electron chi connectivity index (χ0n) is 13.7. The average molecular weight is 292 g/mol. The third kappa shape index (κ3) is 4.19. The molecule has 0 bridgehead atoms. The van der Waals surface area contributed by atoms with Crippen LogP contribution in [0.2, 0.25) is 0 Å². The van der Waals surface area contributed by atoms with Crippen molar-refractivity contribution in [2.75, 3.05) is 7.05 Å². The van der Waals surface area contributed by atoms with Gasteiger partial charge in [0, 0.05) is 20.1 Å². The summed E-state index contributed by atoms with van der Waals surface area (Å²) in [6.07, 6.45) is 6.44. The van der Waals surface area contributed by atoms with E-state index in [4.69, 9.17) is 0 Å². The molecule has 0 aromatic carbocycles. The highest BCUT2D eigenvalue weighted by Gasteiger charge is 2.20. The molecule has 1 aromatic heterocycles. The lowest BCUT2D eigenvalue weighted by Crippen LogP contribution is -2.44. The van der Waals surface area contributed by atoms with Crippen molar-refractivity contribution in [1.82, 2.24) is 25.4 Å². The molecule has 2 rings (SSSR count). The molecule has 0 unspecified atom stereocenters. The average Bonchev–Trinajstić information content (AvgIpc) is 2.83. The Balaban J connectivity index is 1.80. The molecule has 1 heterocycles. The van der Waals surface area contributed by atoms with E-state index in [9.17, 15) is 0 Å². The van der Waals surface area contributed by atoms with Crippen molar-refractivity contribution in [2.24, 2.45) is 18.0 Å². The Morgan fingerprint density at radius 2 is 2.00 bits per heavy atom. The zero-order valence-corrected chi connectivity index (χ0v) is 13.7. The predicted octanol–water partition coefficient (Wildman–Crippen LogP) is 1.76. The van der Waals surface area contributed by atoms with Crippen LogP contribution < -0.4 is 10.6 Å². The maximum Gasteiger partial charge on any atom is 0.191 e. The first-order valence-electron chi connectivity index (χ1n) is 7.96. The molecule has 0 saturated heterocycles. The van der Waals surface area contributed by atoms with E-state index in [1.165, 1.54) is 32.1 Å². The van der Waals surface area contributed by atoms with Crippen molar-refractivity contribution in [3.63, 3.8) is 0 Å². The van der Waals surface area contributed by atoms with Crippen LogP contribution in [0.1, 0.15) is 50.7 Å². The first-order chi connectivity index (χ1) is 10.1. The van der Waals surface area contributed by atoms with Crippen LogP contribution >= 0.6 is 0 Å². The first kappa shape index (κ1) is 15.8. The molecular formula is C15H28N6. The van der Waals surface area contributed by atoms with Gasteiger partial charge in [-0.25, -0.2) is 0 Å². The molecule has 2 N–H and O–H groups in total. The van der Waals surface area contributed by atoms with Crippen LogP contribution in [-0.2, 0) is 13.6 Å². The Kier molecular flexibility index (Phi) is 5.59. The van der Waals surface area contributed by atoms with Gasteiger partial charge in [0.15, 0.2) is 11.8 Å². The lowest BCUT2D eigenvalue weighted by Gasteiger charge is -2.29. The van der Waals surface area contributed by atoms with Crippen molar-refractivity contribution >= 4 is 5.96 Å². The number of hydrogen-bond acceptors (Lipinski definition) is 3.